The first-order chi connectivity index (χ1) is 43.7. The van der Waals surface area contributed by atoms with Gasteiger partial charge in [-0.2, -0.15) is 0 Å². The summed E-state index contributed by atoms with van der Waals surface area (Å²) in [6, 6.07) is 0. The van der Waals surface area contributed by atoms with Crippen LogP contribution in [0.3, 0.4) is 0 Å². The first kappa shape index (κ1) is 89.1. The zero-order valence-corrected chi connectivity index (χ0v) is 61.3. The Morgan fingerprint density at radius 1 is 0.308 bits per heavy atom. The maximum Gasteiger partial charge on any atom is 0.472 e. The molecule has 0 saturated heterocycles. The predicted octanol–water partition coefficient (Wildman–Crippen LogP) is 20.5. The molecule has 540 valence electrons. The lowest BCUT2D eigenvalue weighted by molar-refractivity contribution is -0.161. The Labute approximate surface area is 556 Å². The van der Waals surface area contributed by atoms with Crippen molar-refractivity contribution < 1.29 is 80.2 Å². The maximum absolute atomic E-state index is 13.0. The van der Waals surface area contributed by atoms with Gasteiger partial charge in [0.25, 0.3) is 0 Å². The second kappa shape index (κ2) is 61.6. The average Bonchev–Trinajstić information content (AvgIpc) is 3.05. The molecule has 7 atom stereocenters. The summed E-state index contributed by atoms with van der Waals surface area (Å²) in [6.45, 7) is 14.1. The molecule has 0 heterocycles. The van der Waals surface area contributed by atoms with Crippen molar-refractivity contribution in [3.63, 3.8) is 0 Å². The molecule has 0 spiro atoms. The lowest BCUT2D eigenvalue weighted by Crippen LogP contribution is -2.30. The summed E-state index contributed by atoms with van der Waals surface area (Å²) >= 11 is 0. The van der Waals surface area contributed by atoms with E-state index in [9.17, 15) is 43.2 Å². The van der Waals surface area contributed by atoms with Gasteiger partial charge in [0.1, 0.15) is 19.3 Å². The molecule has 17 nitrogen and oxygen atoms in total. The van der Waals surface area contributed by atoms with Crippen molar-refractivity contribution in [2.24, 2.45) is 23.7 Å². The minimum Gasteiger partial charge on any atom is -0.462 e. The monoisotopic (exact) mass is 1340 g/mol. The van der Waals surface area contributed by atoms with Gasteiger partial charge < -0.3 is 33.8 Å². The van der Waals surface area contributed by atoms with E-state index in [4.69, 9.17) is 37.0 Å². The van der Waals surface area contributed by atoms with Gasteiger partial charge in [-0.25, -0.2) is 9.13 Å². The lowest BCUT2D eigenvalue weighted by Gasteiger charge is -2.21. The molecule has 0 aromatic carbocycles. The van der Waals surface area contributed by atoms with Gasteiger partial charge in [-0.15, -0.1) is 0 Å². The molecule has 0 aliphatic heterocycles. The zero-order chi connectivity index (χ0) is 67.5. The molecule has 0 aliphatic rings. The Balaban J connectivity index is 5.26. The van der Waals surface area contributed by atoms with Crippen LogP contribution in [0.25, 0.3) is 0 Å². The Hall–Kier alpha value is -1.94. The fourth-order valence-corrected chi connectivity index (χ4v) is 12.4. The highest BCUT2D eigenvalue weighted by Crippen LogP contribution is 2.45. The molecule has 91 heavy (non-hydrogen) atoms. The molecule has 0 rings (SSSR count). The van der Waals surface area contributed by atoms with Crippen LogP contribution in [0.2, 0.25) is 0 Å². The number of ether oxygens (including phenoxy) is 4. The summed E-state index contributed by atoms with van der Waals surface area (Å²) in [5, 5.41) is 10.6. The first-order valence-electron chi connectivity index (χ1n) is 37.3. The van der Waals surface area contributed by atoms with Crippen LogP contribution in [-0.2, 0) is 65.4 Å². The van der Waals surface area contributed by atoms with Crippen LogP contribution in [0.1, 0.15) is 357 Å². The van der Waals surface area contributed by atoms with E-state index < -0.39 is 97.5 Å². The van der Waals surface area contributed by atoms with Crippen molar-refractivity contribution in [2.75, 3.05) is 39.6 Å². The molecule has 0 bridgehead atoms. The number of carbonyl (C=O) groups excluding carboxylic acids is 4. The summed E-state index contributed by atoms with van der Waals surface area (Å²) in [7, 11) is -9.91. The minimum atomic E-state index is -4.95. The highest BCUT2D eigenvalue weighted by Gasteiger charge is 2.30. The van der Waals surface area contributed by atoms with Crippen LogP contribution in [0.5, 0.6) is 0 Å². The number of carbonyl (C=O) groups is 4. The lowest BCUT2D eigenvalue weighted by atomic mass is 9.99. The molecule has 0 aromatic rings. The molecule has 0 aliphatic carbocycles. The SMILES string of the molecule is CCC(C)CCCCCCCCCCC(=O)O[C@H](COC(=O)CCCCCCCCCCCCCC(C)C)COP(=O)(O)OC[C@@H](O)COP(=O)(O)OC[C@@H](COC(=O)CCCCCCCCC(C)CC)OC(=O)CCCCCCCCCCCCCCC(C)C. The number of unbranched alkanes of at least 4 members (excludes halogenated alkanes) is 33. The largest absolute Gasteiger partial charge is 0.472 e. The van der Waals surface area contributed by atoms with Gasteiger partial charge in [0, 0.05) is 25.7 Å². The van der Waals surface area contributed by atoms with E-state index in [1.54, 1.807) is 0 Å². The quantitative estimate of drug-likeness (QED) is 0.0222. The van der Waals surface area contributed by atoms with Gasteiger partial charge in [-0.1, -0.05) is 306 Å². The second-order valence-corrected chi connectivity index (χ2v) is 30.3. The number of aliphatic hydroxyl groups is 1. The highest BCUT2D eigenvalue weighted by atomic mass is 31.2. The second-order valence-electron chi connectivity index (χ2n) is 27.4. The van der Waals surface area contributed by atoms with E-state index in [2.05, 4.69) is 55.4 Å². The molecule has 0 saturated carbocycles. The van der Waals surface area contributed by atoms with Crippen LogP contribution >= 0.6 is 15.6 Å². The van der Waals surface area contributed by atoms with Crippen molar-refractivity contribution in [3.05, 3.63) is 0 Å². The Kier molecular flexibility index (Phi) is 60.3. The summed E-state index contributed by atoms with van der Waals surface area (Å²) in [4.78, 5) is 72.6. The van der Waals surface area contributed by atoms with Crippen LogP contribution in [0.4, 0.5) is 0 Å². The molecule has 0 aromatic heterocycles. The standard InChI is InChI=1S/C72H140O17P2/c1-9-64(7)50-42-34-26-22-23-29-39-47-55-72(77)89-67(58-82-69(74)52-44-36-27-20-17-13-15-19-25-33-41-49-63(5)6)60-86-90(78,79)84-56-66(73)57-85-91(80,81)87-61-68(59-83-70(75)53-45-37-31-30-35-43-51-65(8)10-2)88-71(76)54-46-38-28-21-16-12-11-14-18-24-32-40-48-62(3)4/h62-68,73H,9-61H2,1-8H3,(H,78,79)(H,80,81)/t64?,65?,66-,67-,68-/m1/s1. The van der Waals surface area contributed by atoms with Crippen LogP contribution in [-0.4, -0.2) is 96.7 Å². The fourth-order valence-electron chi connectivity index (χ4n) is 10.8. The van der Waals surface area contributed by atoms with Crippen LogP contribution < -0.4 is 0 Å². The minimum absolute atomic E-state index is 0.104. The predicted molar refractivity (Wildman–Crippen MR) is 367 cm³/mol. The fraction of sp³-hybridized carbons (Fsp3) is 0.944. The maximum atomic E-state index is 13.0. The van der Waals surface area contributed by atoms with Gasteiger partial charge in [0.05, 0.1) is 26.4 Å². The number of hydrogen-bond donors (Lipinski definition) is 3. The molecule has 0 radical (unpaired) electrons. The number of phosphoric ester groups is 2. The molecular weight excluding hydrogens is 1200 g/mol. The van der Waals surface area contributed by atoms with E-state index in [-0.39, 0.29) is 25.7 Å². The Morgan fingerprint density at radius 3 is 0.780 bits per heavy atom. The topological polar surface area (TPSA) is 237 Å². The van der Waals surface area contributed by atoms with E-state index in [1.807, 2.05) is 0 Å². The normalized spacial score (nSPS) is 14.8. The highest BCUT2D eigenvalue weighted by molar-refractivity contribution is 7.47. The van der Waals surface area contributed by atoms with E-state index >= 15 is 0 Å². The third-order valence-electron chi connectivity index (χ3n) is 17.3. The third kappa shape index (κ3) is 63.9. The smallest absolute Gasteiger partial charge is 0.462 e. The number of aliphatic hydroxyl groups excluding tert-OH is 1. The van der Waals surface area contributed by atoms with Gasteiger partial charge in [0.2, 0.25) is 0 Å². The summed E-state index contributed by atoms with van der Waals surface area (Å²) in [6.07, 6.45) is 44.3. The summed E-state index contributed by atoms with van der Waals surface area (Å²) in [5.41, 5.74) is 0. The van der Waals surface area contributed by atoms with Crippen LogP contribution in [0.15, 0.2) is 0 Å². The number of hydrogen-bond acceptors (Lipinski definition) is 15. The van der Waals surface area contributed by atoms with Crippen molar-refractivity contribution in [2.45, 2.75) is 375 Å². The van der Waals surface area contributed by atoms with E-state index in [0.29, 0.717) is 25.7 Å². The van der Waals surface area contributed by atoms with Crippen LogP contribution in [0, 0.1) is 23.7 Å². The molecule has 19 heteroatoms. The average molecular weight is 1340 g/mol. The summed E-state index contributed by atoms with van der Waals surface area (Å²) in [5.74, 6) is 0.920. The first-order valence-corrected chi connectivity index (χ1v) is 40.3. The summed E-state index contributed by atoms with van der Waals surface area (Å²) < 4.78 is 68.4. The number of rotatable bonds is 69. The van der Waals surface area contributed by atoms with Crippen molar-refractivity contribution in [1.82, 2.24) is 0 Å². The molecule has 0 amide bonds. The van der Waals surface area contributed by atoms with Gasteiger partial charge >= 0.3 is 39.5 Å². The van der Waals surface area contributed by atoms with E-state index in [0.717, 1.165) is 120 Å². The number of esters is 4. The van der Waals surface area contributed by atoms with Crippen molar-refractivity contribution >= 4 is 39.5 Å². The Bertz CT molecular complexity index is 1800. The molecule has 3 N–H and O–H groups in total. The molecule has 4 unspecified atom stereocenters. The molecule has 0 fully saturated rings. The number of phosphoric acid groups is 2. The Morgan fingerprint density at radius 2 is 0.527 bits per heavy atom. The van der Waals surface area contributed by atoms with Crippen molar-refractivity contribution in [1.29, 1.82) is 0 Å². The third-order valence-corrected chi connectivity index (χ3v) is 19.2. The van der Waals surface area contributed by atoms with Gasteiger partial charge in [-0.05, 0) is 49.4 Å². The zero-order valence-electron chi connectivity index (χ0n) is 59.5. The van der Waals surface area contributed by atoms with Gasteiger partial charge in [-0.3, -0.25) is 37.3 Å². The van der Waals surface area contributed by atoms with Crippen molar-refractivity contribution in [3.8, 4) is 0 Å². The van der Waals surface area contributed by atoms with Gasteiger partial charge in [0.15, 0.2) is 12.2 Å². The molecular formula is C72H140O17P2. The van der Waals surface area contributed by atoms with E-state index in [1.165, 1.54) is 154 Å².